The van der Waals surface area contributed by atoms with Gasteiger partial charge in [-0.2, -0.15) is 0 Å². The van der Waals surface area contributed by atoms with Crippen LogP contribution < -0.4 is 11.1 Å². The largest absolute Gasteiger partial charge is 0.329 e. The Morgan fingerprint density at radius 3 is 2.75 bits per heavy atom. The molecule has 1 atom stereocenters. The van der Waals surface area contributed by atoms with Gasteiger partial charge in [-0.1, -0.05) is 0 Å². The Labute approximate surface area is 72.2 Å². The highest BCUT2D eigenvalue weighted by Crippen LogP contribution is 1.92. The van der Waals surface area contributed by atoms with E-state index in [1.54, 1.807) is 12.4 Å². The smallest absolute Gasteiger partial charge is 0.115 e. The average Bonchev–Trinajstić information content (AvgIpc) is 2.16. The Kier molecular flexibility index (Phi) is 3.63. The fourth-order valence-corrected chi connectivity index (χ4v) is 0.797. The first-order valence-corrected chi connectivity index (χ1v) is 4.00. The van der Waals surface area contributed by atoms with Crippen molar-refractivity contribution >= 4 is 0 Å². The summed E-state index contributed by atoms with van der Waals surface area (Å²) in [5, 5.41) is 3.24. The molecule has 0 radical (unpaired) electrons. The van der Waals surface area contributed by atoms with E-state index >= 15 is 0 Å². The van der Waals surface area contributed by atoms with Crippen LogP contribution in [-0.2, 0) is 6.54 Å². The lowest BCUT2D eigenvalue weighted by Gasteiger charge is -2.09. The molecule has 1 heterocycles. The maximum absolute atomic E-state index is 5.44. The highest BCUT2D eigenvalue weighted by atomic mass is 14.9. The van der Waals surface area contributed by atoms with Crippen LogP contribution in [0.5, 0.6) is 0 Å². The number of aromatic nitrogens is 2. The second-order valence-electron chi connectivity index (χ2n) is 2.76. The zero-order chi connectivity index (χ0) is 8.81. The van der Waals surface area contributed by atoms with Crippen molar-refractivity contribution in [2.45, 2.75) is 19.5 Å². The van der Waals surface area contributed by atoms with Gasteiger partial charge in [-0.25, -0.2) is 9.97 Å². The first-order valence-electron chi connectivity index (χ1n) is 4.00. The molecular formula is C8H14N4. The molecule has 0 fully saturated rings. The van der Waals surface area contributed by atoms with Crippen LogP contribution in [0, 0.1) is 0 Å². The molecule has 1 unspecified atom stereocenters. The first-order chi connectivity index (χ1) is 5.83. The van der Waals surface area contributed by atoms with Crippen LogP contribution in [0.1, 0.15) is 12.5 Å². The van der Waals surface area contributed by atoms with Crippen molar-refractivity contribution in [1.82, 2.24) is 15.3 Å². The number of nitrogens with one attached hydrogen (secondary N) is 1. The molecule has 0 aliphatic heterocycles. The van der Waals surface area contributed by atoms with Crippen molar-refractivity contribution in [2.75, 3.05) is 6.54 Å². The zero-order valence-corrected chi connectivity index (χ0v) is 7.20. The minimum atomic E-state index is 0.338. The molecule has 0 bridgehead atoms. The molecule has 3 N–H and O–H groups in total. The molecule has 1 aromatic rings. The Morgan fingerprint density at radius 1 is 1.50 bits per heavy atom. The molecule has 0 spiro atoms. The lowest BCUT2D eigenvalue weighted by molar-refractivity contribution is 0.555. The summed E-state index contributed by atoms with van der Waals surface area (Å²) in [5.41, 5.74) is 6.52. The Bertz CT molecular complexity index is 212. The van der Waals surface area contributed by atoms with E-state index in [0.717, 1.165) is 12.1 Å². The minimum Gasteiger partial charge on any atom is -0.329 e. The van der Waals surface area contributed by atoms with Crippen molar-refractivity contribution in [2.24, 2.45) is 5.73 Å². The SMILES string of the molecule is CC(CN)NCc1cncnc1. The Hall–Kier alpha value is -1.00. The summed E-state index contributed by atoms with van der Waals surface area (Å²) in [5.74, 6) is 0. The molecule has 0 saturated carbocycles. The summed E-state index contributed by atoms with van der Waals surface area (Å²) >= 11 is 0. The summed E-state index contributed by atoms with van der Waals surface area (Å²) in [6, 6.07) is 0.338. The molecule has 12 heavy (non-hydrogen) atoms. The van der Waals surface area contributed by atoms with E-state index in [2.05, 4.69) is 15.3 Å². The van der Waals surface area contributed by atoms with Gasteiger partial charge in [-0.3, -0.25) is 0 Å². The highest BCUT2D eigenvalue weighted by molar-refractivity contribution is 5.01. The first kappa shape index (κ1) is 9.09. The maximum Gasteiger partial charge on any atom is 0.115 e. The average molecular weight is 166 g/mol. The molecule has 4 nitrogen and oxygen atoms in total. The molecule has 0 aliphatic carbocycles. The Morgan fingerprint density at radius 2 is 2.17 bits per heavy atom. The lowest BCUT2D eigenvalue weighted by Crippen LogP contribution is -2.32. The maximum atomic E-state index is 5.44. The molecule has 66 valence electrons. The van der Waals surface area contributed by atoms with E-state index in [-0.39, 0.29) is 0 Å². The van der Waals surface area contributed by atoms with Crippen LogP contribution in [0.25, 0.3) is 0 Å². The van der Waals surface area contributed by atoms with E-state index in [1.807, 2.05) is 6.92 Å². The monoisotopic (exact) mass is 166 g/mol. The quantitative estimate of drug-likeness (QED) is 0.656. The number of hydrogen-bond acceptors (Lipinski definition) is 4. The third-order valence-electron chi connectivity index (χ3n) is 1.62. The van der Waals surface area contributed by atoms with Gasteiger partial charge < -0.3 is 11.1 Å². The lowest BCUT2D eigenvalue weighted by atomic mass is 10.3. The van der Waals surface area contributed by atoms with Crippen molar-refractivity contribution in [1.29, 1.82) is 0 Å². The fraction of sp³-hybridized carbons (Fsp3) is 0.500. The second kappa shape index (κ2) is 4.79. The number of nitrogens with zero attached hydrogens (tertiary/aromatic N) is 2. The van der Waals surface area contributed by atoms with Gasteiger partial charge in [0.15, 0.2) is 0 Å². The summed E-state index contributed by atoms with van der Waals surface area (Å²) in [7, 11) is 0. The van der Waals surface area contributed by atoms with Crippen molar-refractivity contribution in [3.05, 3.63) is 24.3 Å². The van der Waals surface area contributed by atoms with E-state index in [0.29, 0.717) is 12.6 Å². The third-order valence-corrected chi connectivity index (χ3v) is 1.62. The van der Waals surface area contributed by atoms with Crippen LogP contribution in [-0.4, -0.2) is 22.6 Å². The molecule has 0 aliphatic rings. The van der Waals surface area contributed by atoms with Crippen LogP contribution in [0.3, 0.4) is 0 Å². The topological polar surface area (TPSA) is 63.8 Å². The summed E-state index contributed by atoms with van der Waals surface area (Å²) < 4.78 is 0. The number of hydrogen-bond donors (Lipinski definition) is 2. The van der Waals surface area contributed by atoms with Gasteiger partial charge in [0.2, 0.25) is 0 Å². The highest BCUT2D eigenvalue weighted by Gasteiger charge is 1.97. The summed E-state index contributed by atoms with van der Waals surface area (Å²) in [6.45, 7) is 3.47. The van der Waals surface area contributed by atoms with Gasteiger partial charge in [0, 0.05) is 37.1 Å². The van der Waals surface area contributed by atoms with Crippen molar-refractivity contribution in [3.63, 3.8) is 0 Å². The fourth-order valence-electron chi connectivity index (χ4n) is 0.797. The Balaban J connectivity index is 2.33. The standard InChI is InChI=1S/C8H14N4/c1-7(2-9)12-5-8-3-10-6-11-4-8/h3-4,6-7,12H,2,5,9H2,1H3. The summed E-state index contributed by atoms with van der Waals surface area (Å²) in [6.07, 6.45) is 5.11. The predicted molar refractivity (Wildman–Crippen MR) is 47.4 cm³/mol. The van der Waals surface area contributed by atoms with Gasteiger partial charge in [0.1, 0.15) is 6.33 Å². The van der Waals surface area contributed by atoms with Gasteiger partial charge >= 0.3 is 0 Å². The molecular weight excluding hydrogens is 152 g/mol. The van der Waals surface area contributed by atoms with Crippen molar-refractivity contribution < 1.29 is 0 Å². The zero-order valence-electron chi connectivity index (χ0n) is 7.20. The predicted octanol–water partition coefficient (Wildman–Crippen LogP) is -0.0866. The molecule has 0 saturated heterocycles. The molecule has 1 rings (SSSR count). The molecule has 0 amide bonds. The van der Waals surface area contributed by atoms with E-state index in [1.165, 1.54) is 6.33 Å². The van der Waals surface area contributed by atoms with Crippen LogP contribution >= 0.6 is 0 Å². The molecule has 0 aromatic carbocycles. The van der Waals surface area contributed by atoms with Gasteiger partial charge in [0.25, 0.3) is 0 Å². The molecule has 4 heteroatoms. The molecule has 1 aromatic heterocycles. The summed E-state index contributed by atoms with van der Waals surface area (Å²) in [4.78, 5) is 7.81. The van der Waals surface area contributed by atoms with Crippen LogP contribution in [0.15, 0.2) is 18.7 Å². The normalized spacial score (nSPS) is 12.8. The third kappa shape index (κ3) is 2.94. The van der Waals surface area contributed by atoms with Crippen LogP contribution in [0.2, 0.25) is 0 Å². The van der Waals surface area contributed by atoms with E-state index in [9.17, 15) is 0 Å². The van der Waals surface area contributed by atoms with Gasteiger partial charge in [-0.15, -0.1) is 0 Å². The van der Waals surface area contributed by atoms with E-state index < -0.39 is 0 Å². The van der Waals surface area contributed by atoms with E-state index in [4.69, 9.17) is 5.73 Å². The van der Waals surface area contributed by atoms with Gasteiger partial charge in [-0.05, 0) is 6.92 Å². The second-order valence-corrected chi connectivity index (χ2v) is 2.76. The minimum absolute atomic E-state index is 0.338. The van der Waals surface area contributed by atoms with Gasteiger partial charge in [0.05, 0.1) is 0 Å². The van der Waals surface area contributed by atoms with Crippen molar-refractivity contribution in [3.8, 4) is 0 Å². The number of rotatable bonds is 4. The number of nitrogens with two attached hydrogens (primary N) is 1. The van der Waals surface area contributed by atoms with Crippen LogP contribution in [0.4, 0.5) is 0 Å².